The molecule has 0 aliphatic carbocycles. The lowest BCUT2D eigenvalue weighted by atomic mass is 10.0. The molecule has 2 N–H and O–H groups in total. The first kappa shape index (κ1) is 16.5. The summed E-state index contributed by atoms with van der Waals surface area (Å²) in [6.45, 7) is 1.97. The van der Waals surface area contributed by atoms with Gasteiger partial charge in [0.15, 0.2) is 5.82 Å². The number of rotatable bonds is 5. The second-order valence-corrected chi connectivity index (χ2v) is 7.32. The summed E-state index contributed by atoms with van der Waals surface area (Å²) < 4.78 is 27.7. The van der Waals surface area contributed by atoms with Crippen molar-refractivity contribution in [3.63, 3.8) is 0 Å². The van der Waals surface area contributed by atoms with E-state index in [4.69, 9.17) is 11.6 Å². The van der Waals surface area contributed by atoms with Crippen LogP contribution in [0.5, 0.6) is 0 Å². The fraction of sp³-hybridized carbons (Fsp3) is 0.118. The molecule has 0 atom stereocenters. The number of H-pyrrole nitrogens is 1. The van der Waals surface area contributed by atoms with Gasteiger partial charge in [-0.1, -0.05) is 48.9 Å². The van der Waals surface area contributed by atoms with Crippen LogP contribution in [-0.2, 0) is 16.4 Å². The minimum absolute atomic E-state index is 0.188. The molecular weight excluding hydrogens is 346 g/mol. The molecule has 0 saturated heterocycles. The first-order chi connectivity index (χ1) is 11.5. The minimum Gasteiger partial charge on any atom is -0.280 e. The van der Waals surface area contributed by atoms with E-state index < -0.39 is 10.0 Å². The Hall–Kier alpha value is -2.31. The molecule has 0 aliphatic heterocycles. The quantitative estimate of drug-likeness (QED) is 0.718. The van der Waals surface area contributed by atoms with Crippen LogP contribution in [0, 0.1) is 0 Å². The number of benzene rings is 2. The van der Waals surface area contributed by atoms with Gasteiger partial charge in [0.25, 0.3) is 10.0 Å². The van der Waals surface area contributed by atoms with Crippen LogP contribution in [0.15, 0.2) is 59.5 Å². The maximum Gasteiger partial charge on any atom is 0.263 e. The molecule has 0 fully saturated rings. The smallest absolute Gasteiger partial charge is 0.263 e. The van der Waals surface area contributed by atoms with Crippen LogP contribution in [0.2, 0.25) is 5.02 Å². The predicted octanol–water partition coefficient (Wildman–Crippen LogP) is 4.09. The maximum atomic E-state index is 12.6. The van der Waals surface area contributed by atoms with Crippen LogP contribution in [0.25, 0.3) is 11.1 Å². The van der Waals surface area contributed by atoms with Gasteiger partial charge in [0.05, 0.1) is 4.90 Å². The van der Waals surface area contributed by atoms with Crippen molar-refractivity contribution in [2.75, 3.05) is 4.72 Å². The van der Waals surface area contributed by atoms with Crippen molar-refractivity contribution in [1.82, 2.24) is 10.2 Å². The van der Waals surface area contributed by atoms with E-state index in [0.29, 0.717) is 11.4 Å². The molecular formula is C17H16ClN3O2S. The molecule has 0 radical (unpaired) electrons. The van der Waals surface area contributed by atoms with Crippen LogP contribution < -0.4 is 4.72 Å². The van der Waals surface area contributed by atoms with Crippen molar-refractivity contribution in [2.45, 2.75) is 18.2 Å². The zero-order valence-electron chi connectivity index (χ0n) is 13.0. The van der Waals surface area contributed by atoms with Crippen LogP contribution in [-0.4, -0.2) is 18.6 Å². The second kappa shape index (κ2) is 6.67. The molecule has 124 valence electrons. The Morgan fingerprint density at radius 1 is 1.08 bits per heavy atom. The number of aryl methyl sites for hydroxylation is 1. The van der Waals surface area contributed by atoms with Gasteiger partial charge in [-0.25, -0.2) is 8.42 Å². The van der Waals surface area contributed by atoms with Crippen molar-refractivity contribution in [3.8, 4) is 11.1 Å². The average molecular weight is 362 g/mol. The van der Waals surface area contributed by atoms with Gasteiger partial charge in [0, 0.05) is 16.3 Å². The SMILES string of the molecule is CCc1[nH]nc(NS(=O)(=O)c2ccccc2)c1-c1ccc(Cl)cc1. The van der Waals surface area contributed by atoms with E-state index in [0.717, 1.165) is 16.8 Å². The van der Waals surface area contributed by atoms with E-state index in [1.165, 1.54) is 12.1 Å². The van der Waals surface area contributed by atoms with E-state index in [9.17, 15) is 8.42 Å². The topological polar surface area (TPSA) is 74.8 Å². The van der Waals surface area contributed by atoms with Gasteiger partial charge in [-0.3, -0.25) is 9.82 Å². The number of aromatic nitrogens is 2. The summed E-state index contributed by atoms with van der Waals surface area (Å²) in [5.74, 6) is 0.276. The molecule has 2 aromatic carbocycles. The fourth-order valence-electron chi connectivity index (χ4n) is 2.42. The summed E-state index contributed by atoms with van der Waals surface area (Å²) in [5, 5.41) is 7.67. The highest BCUT2D eigenvalue weighted by Gasteiger charge is 2.20. The highest BCUT2D eigenvalue weighted by Crippen LogP contribution is 2.32. The molecule has 0 amide bonds. The lowest BCUT2D eigenvalue weighted by Gasteiger charge is -2.09. The lowest BCUT2D eigenvalue weighted by Crippen LogP contribution is -2.13. The Bertz CT molecular complexity index is 936. The van der Waals surface area contributed by atoms with E-state index in [-0.39, 0.29) is 10.7 Å². The fourth-order valence-corrected chi connectivity index (χ4v) is 3.58. The minimum atomic E-state index is -3.71. The molecule has 0 aliphatic rings. The number of anilines is 1. The molecule has 0 bridgehead atoms. The second-order valence-electron chi connectivity index (χ2n) is 5.20. The van der Waals surface area contributed by atoms with Gasteiger partial charge in [-0.15, -0.1) is 0 Å². The zero-order valence-corrected chi connectivity index (χ0v) is 14.5. The van der Waals surface area contributed by atoms with Crippen LogP contribution in [0.4, 0.5) is 5.82 Å². The standard InChI is InChI=1S/C17H16ClN3O2S/c1-2-15-16(12-8-10-13(18)11-9-12)17(20-19-15)21-24(22,23)14-6-4-3-5-7-14/h3-11H,2H2,1H3,(H2,19,20,21). The molecule has 0 saturated carbocycles. The largest absolute Gasteiger partial charge is 0.280 e. The summed E-state index contributed by atoms with van der Waals surface area (Å²) in [5.41, 5.74) is 2.42. The van der Waals surface area contributed by atoms with Gasteiger partial charge < -0.3 is 0 Å². The molecule has 5 nitrogen and oxygen atoms in total. The van der Waals surface area contributed by atoms with E-state index >= 15 is 0 Å². The molecule has 1 aromatic heterocycles. The van der Waals surface area contributed by atoms with Crippen molar-refractivity contribution >= 4 is 27.4 Å². The van der Waals surface area contributed by atoms with Crippen LogP contribution >= 0.6 is 11.6 Å². The first-order valence-corrected chi connectivity index (χ1v) is 9.28. The van der Waals surface area contributed by atoms with Gasteiger partial charge >= 0.3 is 0 Å². The number of aromatic amines is 1. The molecule has 0 spiro atoms. The van der Waals surface area contributed by atoms with E-state index in [1.807, 2.05) is 19.1 Å². The lowest BCUT2D eigenvalue weighted by molar-refractivity contribution is 0.601. The maximum absolute atomic E-state index is 12.6. The monoisotopic (exact) mass is 361 g/mol. The number of sulfonamides is 1. The van der Waals surface area contributed by atoms with Crippen molar-refractivity contribution in [3.05, 3.63) is 65.3 Å². The Balaban J connectivity index is 2.03. The van der Waals surface area contributed by atoms with Crippen molar-refractivity contribution < 1.29 is 8.42 Å². The zero-order chi connectivity index (χ0) is 17.2. The summed E-state index contributed by atoms with van der Waals surface area (Å²) in [6.07, 6.45) is 0.692. The highest BCUT2D eigenvalue weighted by molar-refractivity contribution is 7.92. The van der Waals surface area contributed by atoms with Crippen molar-refractivity contribution in [1.29, 1.82) is 0 Å². The Morgan fingerprint density at radius 2 is 1.75 bits per heavy atom. The summed E-state index contributed by atoms with van der Waals surface area (Å²) in [4.78, 5) is 0.188. The first-order valence-electron chi connectivity index (χ1n) is 7.42. The summed E-state index contributed by atoms with van der Waals surface area (Å²) >= 11 is 5.94. The third-order valence-corrected chi connectivity index (χ3v) is 5.22. The third kappa shape index (κ3) is 3.29. The Morgan fingerprint density at radius 3 is 2.38 bits per heavy atom. The third-order valence-electron chi connectivity index (χ3n) is 3.61. The number of nitrogens with zero attached hydrogens (tertiary/aromatic N) is 1. The highest BCUT2D eigenvalue weighted by atomic mass is 35.5. The summed E-state index contributed by atoms with van der Waals surface area (Å²) in [7, 11) is -3.71. The Kier molecular flexibility index (Phi) is 4.59. The predicted molar refractivity (Wildman–Crippen MR) is 95.7 cm³/mol. The van der Waals surface area contributed by atoms with Crippen LogP contribution in [0.3, 0.4) is 0 Å². The van der Waals surface area contributed by atoms with Crippen molar-refractivity contribution in [2.24, 2.45) is 0 Å². The molecule has 1 heterocycles. The molecule has 24 heavy (non-hydrogen) atoms. The molecule has 3 rings (SSSR count). The van der Waals surface area contributed by atoms with Gasteiger partial charge in [0.1, 0.15) is 0 Å². The van der Waals surface area contributed by atoms with Gasteiger partial charge in [-0.05, 0) is 36.2 Å². The van der Waals surface area contributed by atoms with Crippen LogP contribution in [0.1, 0.15) is 12.6 Å². The number of halogens is 1. The number of hydrogen-bond donors (Lipinski definition) is 2. The molecule has 7 heteroatoms. The van der Waals surface area contributed by atoms with E-state index in [1.54, 1.807) is 30.3 Å². The number of nitrogens with one attached hydrogen (secondary N) is 2. The average Bonchev–Trinajstić information content (AvgIpc) is 2.98. The van der Waals surface area contributed by atoms with E-state index in [2.05, 4.69) is 14.9 Å². The van der Waals surface area contributed by atoms with Gasteiger partial charge in [-0.2, -0.15) is 5.10 Å². The normalized spacial score (nSPS) is 11.4. The number of hydrogen-bond acceptors (Lipinski definition) is 3. The Labute approximate surface area is 145 Å². The van der Waals surface area contributed by atoms with Gasteiger partial charge in [0.2, 0.25) is 0 Å². The molecule has 0 unspecified atom stereocenters. The molecule has 3 aromatic rings. The summed E-state index contributed by atoms with van der Waals surface area (Å²) in [6, 6.07) is 15.4.